The zero-order chi connectivity index (χ0) is 14.5. The van der Waals surface area contributed by atoms with Crippen LogP contribution in [-0.2, 0) is 6.54 Å². The molecule has 0 bridgehead atoms. The number of amidine groups is 1. The van der Waals surface area contributed by atoms with E-state index in [2.05, 4.69) is 15.1 Å². The van der Waals surface area contributed by atoms with Crippen LogP contribution < -0.4 is 10.6 Å². The fourth-order valence-electron chi connectivity index (χ4n) is 1.80. The van der Waals surface area contributed by atoms with E-state index in [4.69, 9.17) is 22.5 Å². The Kier molecular flexibility index (Phi) is 4.37. The minimum Gasteiger partial charge on any atom is -0.409 e. The van der Waals surface area contributed by atoms with E-state index in [1.165, 1.54) is 6.20 Å². The predicted molar refractivity (Wildman–Crippen MR) is 78.1 cm³/mol. The molecule has 1 aromatic carbocycles. The maximum atomic E-state index is 8.78. The van der Waals surface area contributed by atoms with E-state index < -0.39 is 0 Å². The first-order chi connectivity index (χ1) is 9.63. The van der Waals surface area contributed by atoms with E-state index in [1.54, 1.807) is 6.20 Å². The molecule has 2 aromatic rings. The van der Waals surface area contributed by atoms with Crippen molar-refractivity contribution in [2.75, 3.05) is 11.9 Å². The molecule has 0 atom stereocenters. The number of benzene rings is 1. The third-order valence-electron chi connectivity index (χ3n) is 2.76. The van der Waals surface area contributed by atoms with Crippen molar-refractivity contribution < 1.29 is 5.21 Å². The van der Waals surface area contributed by atoms with Crippen LogP contribution >= 0.6 is 11.6 Å². The molecule has 0 radical (unpaired) electrons. The molecular weight excluding hydrogens is 278 g/mol. The standard InChI is InChI=1S/C13H14ClN5O/c1-19(8-9-4-2-3-5-10(9)14)13-11(12(15)18-20)16-6-7-17-13/h2-7,20H,8H2,1H3,(H2,15,18). The molecule has 0 spiro atoms. The van der Waals surface area contributed by atoms with Gasteiger partial charge in [0, 0.05) is 31.0 Å². The van der Waals surface area contributed by atoms with Crippen LogP contribution in [0, 0.1) is 0 Å². The summed E-state index contributed by atoms with van der Waals surface area (Å²) >= 11 is 6.13. The zero-order valence-corrected chi connectivity index (χ0v) is 11.6. The number of oxime groups is 1. The molecule has 0 amide bonds. The molecular formula is C13H14ClN5O. The van der Waals surface area contributed by atoms with Gasteiger partial charge in [0.2, 0.25) is 0 Å². The van der Waals surface area contributed by atoms with E-state index in [0.717, 1.165) is 5.56 Å². The summed E-state index contributed by atoms with van der Waals surface area (Å²) in [6.07, 6.45) is 3.03. The highest BCUT2D eigenvalue weighted by Crippen LogP contribution is 2.20. The van der Waals surface area contributed by atoms with Crippen molar-refractivity contribution in [1.82, 2.24) is 9.97 Å². The first-order valence-electron chi connectivity index (χ1n) is 5.87. The minimum absolute atomic E-state index is 0.0842. The molecule has 0 unspecified atom stereocenters. The molecule has 2 rings (SSSR count). The topological polar surface area (TPSA) is 87.6 Å². The van der Waals surface area contributed by atoms with Crippen LogP contribution in [0.25, 0.3) is 0 Å². The van der Waals surface area contributed by atoms with Gasteiger partial charge < -0.3 is 15.8 Å². The number of halogens is 1. The molecule has 1 aromatic heterocycles. The lowest BCUT2D eigenvalue weighted by Gasteiger charge is -2.20. The van der Waals surface area contributed by atoms with Crippen LogP contribution in [0.1, 0.15) is 11.3 Å². The lowest BCUT2D eigenvalue weighted by molar-refractivity contribution is 0.318. The Balaban J connectivity index is 2.30. The molecule has 1 heterocycles. The van der Waals surface area contributed by atoms with Gasteiger partial charge in [-0.25, -0.2) is 9.97 Å². The summed E-state index contributed by atoms with van der Waals surface area (Å²) < 4.78 is 0. The molecule has 0 aliphatic heterocycles. The van der Waals surface area contributed by atoms with E-state index in [-0.39, 0.29) is 5.84 Å². The molecule has 104 valence electrons. The van der Waals surface area contributed by atoms with Crippen LogP contribution in [0.3, 0.4) is 0 Å². The van der Waals surface area contributed by atoms with Gasteiger partial charge in [-0.05, 0) is 11.6 Å². The molecule has 0 aliphatic carbocycles. The lowest BCUT2D eigenvalue weighted by atomic mass is 10.2. The normalized spacial score (nSPS) is 11.4. The highest BCUT2D eigenvalue weighted by atomic mass is 35.5. The fraction of sp³-hybridized carbons (Fsp3) is 0.154. The summed E-state index contributed by atoms with van der Waals surface area (Å²) in [6, 6.07) is 7.54. The van der Waals surface area contributed by atoms with Gasteiger partial charge in [0.15, 0.2) is 17.3 Å². The smallest absolute Gasteiger partial charge is 0.192 e. The van der Waals surface area contributed by atoms with Crippen LogP contribution in [0.5, 0.6) is 0 Å². The van der Waals surface area contributed by atoms with Crippen molar-refractivity contribution in [2.45, 2.75) is 6.54 Å². The van der Waals surface area contributed by atoms with Crippen molar-refractivity contribution in [3.63, 3.8) is 0 Å². The second-order valence-corrected chi connectivity index (χ2v) is 4.57. The number of anilines is 1. The third-order valence-corrected chi connectivity index (χ3v) is 3.12. The largest absolute Gasteiger partial charge is 0.409 e. The maximum Gasteiger partial charge on any atom is 0.192 e. The molecule has 7 heteroatoms. The zero-order valence-electron chi connectivity index (χ0n) is 10.9. The van der Waals surface area contributed by atoms with Gasteiger partial charge in [-0.1, -0.05) is 35.0 Å². The summed E-state index contributed by atoms with van der Waals surface area (Å²) in [5.74, 6) is 0.432. The van der Waals surface area contributed by atoms with Gasteiger partial charge in [0.25, 0.3) is 0 Å². The van der Waals surface area contributed by atoms with Crippen molar-refractivity contribution in [2.24, 2.45) is 10.9 Å². The summed E-state index contributed by atoms with van der Waals surface area (Å²) in [5, 5.41) is 12.4. The van der Waals surface area contributed by atoms with Gasteiger partial charge in [0.05, 0.1) is 0 Å². The average Bonchev–Trinajstić information content (AvgIpc) is 2.48. The summed E-state index contributed by atoms with van der Waals surface area (Å²) in [4.78, 5) is 10.1. The van der Waals surface area contributed by atoms with Gasteiger partial charge in [0.1, 0.15) is 0 Å². The lowest BCUT2D eigenvalue weighted by Crippen LogP contribution is -2.25. The Morgan fingerprint density at radius 3 is 2.75 bits per heavy atom. The highest BCUT2D eigenvalue weighted by molar-refractivity contribution is 6.31. The van der Waals surface area contributed by atoms with Gasteiger partial charge in [-0.15, -0.1) is 0 Å². The average molecular weight is 292 g/mol. The molecule has 6 nitrogen and oxygen atoms in total. The minimum atomic E-state index is -0.0842. The number of hydrogen-bond acceptors (Lipinski definition) is 5. The van der Waals surface area contributed by atoms with Crippen molar-refractivity contribution in [3.8, 4) is 0 Å². The number of rotatable bonds is 4. The Hall–Kier alpha value is -2.34. The fourth-order valence-corrected chi connectivity index (χ4v) is 1.99. The molecule has 3 N–H and O–H groups in total. The SMILES string of the molecule is CN(Cc1ccccc1Cl)c1nccnc1C(N)=NO. The number of hydrogen-bond donors (Lipinski definition) is 2. The van der Waals surface area contributed by atoms with E-state index >= 15 is 0 Å². The van der Waals surface area contributed by atoms with Crippen LogP contribution in [0.4, 0.5) is 5.82 Å². The van der Waals surface area contributed by atoms with E-state index in [1.807, 2.05) is 36.2 Å². The Bertz CT molecular complexity index is 632. The Morgan fingerprint density at radius 1 is 1.35 bits per heavy atom. The van der Waals surface area contributed by atoms with Gasteiger partial charge in [-0.3, -0.25) is 0 Å². The first-order valence-corrected chi connectivity index (χ1v) is 6.24. The Labute approximate surface area is 121 Å². The molecule has 20 heavy (non-hydrogen) atoms. The third kappa shape index (κ3) is 2.97. The number of nitrogens with two attached hydrogens (primary N) is 1. The summed E-state index contributed by atoms with van der Waals surface area (Å²) in [6.45, 7) is 0.532. The predicted octanol–water partition coefficient (Wildman–Crippen LogP) is 1.86. The van der Waals surface area contributed by atoms with Crippen molar-refractivity contribution in [1.29, 1.82) is 0 Å². The van der Waals surface area contributed by atoms with Gasteiger partial charge >= 0.3 is 0 Å². The number of aromatic nitrogens is 2. The van der Waals surface area contributed by atoms with Gasteiger partial charge in [-0.2, -0.15) is 0 Å². The van der Waals surface area contributed by atoms with E-state index in [0.29, 0.717) is 23.1 Å². The molecule has 0 saturated carbocycles. The molecule has 0 fully saturated rings. The van der Waals surface area contributed by atoms with Crippen LogP contribution in [-0.4, -0.2) is 28.1 Å². The monoisotopic (exact) mass is 291 g/mol. The second kappa shape index (κ2) is 6.21. The Morgan fingerprint density at radius 2 is 2.05 bits per heavy atom. The summed E-state index contributed by atoms with van der Waals surface area (Å²) in [7, 11) is 1.83. The van der Waals surface area contributed by atoms with Crippen molar-refractivity contribution >= 4 is 23.3 Å². The van der Waals surface area contributed by atoms with E-state index in [9.17, 15) is 0 Å². The number of nitrogens with zero attached hydrogens (tertiary/aromatic N) is 4. The molecule has 0 aliphatic rings. The van der Waals surface area contributed by atoms with Crippen molar-refractivity contribution in [3.05, 3.63) is 52.9 Å². The summed E-state index contributed by atoms with van der Waals surface area (Å²) in [5.41, 5.74) is 6.88. The van der Waals surface area contributed by atoms with Crippen LogP contribution in [0.2, 0.25) is 5.02 Å². The van der Waals surface area contributed by atoms with Crippen LogP contribution in [0.15, 0.2) is 41.8 Å². The maximum absolute atomic E-state index is 8.78. The molecule has 0 saturated heterocycles. The second-order valence-electron chi connectivity index (χ2n) is 4.16. The first kappa shape index (κ1) is 14.1. The quantitative estimate of drug-likeness (QED) is 0.388. The highest BCUT2D eigenvalue weighted by Gasteiger charge is 2.14.